The van der Waals surface area contributed by atoms with E-state index in [0.29, 0.717) is 11.0 Å². The maximum atomic E-state index is 6.44. The maximum absolute atomic E-state index is 6.44. The van der Waals surface area contributed by atoms with Gasteiger partial charge < -0.3 is 11.1 Å². The lowest BCUT2D eigenvalue weighted by Gasteiger charge is -2.10. The third-order valence-corrected chi connectivity index (χ3v) is 4.26. The second-order valence-electron chi connectivity index (χ2n) is 5.47. The van der Waals surface area contributed by atoms with Crippen LogP contribution in [0.25, 0.3) is 0 Å². The minimum atomic E-state index is 0. The summed E-state index contributed by atoms with van der Waals surface area (Å²) in [6.07, 6.45) is 2.80. The Morgan fingerprint density at radius 3 is 2.38 bits per heavy atom. The van der Waals surface area contributed by atoms with Crippen LogP contribution in [-0.4, -0.2) is 5.96 Å². The number of guanidine groups is 1. The summed E-state index contributed by atoms with van der Waals surface area (Å²) >= 11 is 6.44. The number of benzene rings is 2. The first kappa shape index (κ1) is 20.3. The van der Waals surface area contributed by atoms with E-state index in [-0.39, 0.29) is 12.4 Å². The molecule has 2 aromatic rings. The molecule has 0 atom stereocenters. The van der Waals surface area contributed by atoms with Gasteiger partial charge in [0.15, 0.2) is 5.96 Å². The van der Waals surface area contributed by atoms with E-state index in [1.807, 2.05) is 18.2 Å². The van der Waals surface area contributed by atoms with E-state index in [9.17, 15) is 0 Å². The van der Waals surface area contributed by atoms with Crippen molar-refractivity contribution in [3.05, 3.63) is 58.1 Å². The molecule has 3 N–H and O–H groups in total. The number of nitrogens with two attached hydrogens (primary N) is 1. The van der Waals surface area contributed by atoms with Crippen LogP contribution in [0.1, 0.15) is 37.5 Å². The fourth-order valence-electron chi connectivity index (χ4n) is 2.45. The zero-order valence-corrected chi connectivity index (χ0v) is 16.0. The van der Waals surface area contributed by atoms with Gasteiger partial charge in [0, 0.05) is 5.69 Å². The average Bonchev–Trinajstić information content (AvgIpc) is 2.56. The van der Waals surface area contributed by atoms with Crippen molar-refractivity contribution >= 4 is 41.3 Å². The zero-order valence-electron chi connectivity index (χ0n) is 14.4. The van der Waals surface area contributed by atoms with Gasteiger partial charge in [0.25, 0.3) is 0 Å². The molecule has 0 saturated carbocycles. The van der Waals surface area contributed by atoms with E-state index < -0.39 is 0 Å². The lowest BCUT2D eigenvalue weighted by atomic mass is 10.1. The standard InChI is InChI=1S/C19H24ClN3.ClH/c1-4-13-8-7-9-16(11-13)22-19(21)23-17-12-14(5-2)10-15(6-3)18(17)20;/h7-12H,4-6H2,1-3H3,(H3,21,22,23);1H. The number of aryl methyl sites for hydroxylation is 3. The molecule has 2 aromatic carbocycles. The Kier molecular flexibility index (Phi) is 8.09. The highest BCUT2D eigenvalue weighted by Gasteiger charge is 2.08. The molecule has 24 heavy (non-hydrogen) atoms. The van der Waals surface area contributed by atoms with Crippen LogP contribution >= 0.6 is 24.0 Å². The lowest BCUT2D eigenvalue weighted by Crippen LogP contribution is -2.22. The highest BCUT2D eigenvalue weighted by atomic mass is 35.5. The van der Waals surface area contributed by atoms with Crippen molar-refractivity contribution in [2.24, 2.45) is 10.7 Å². The van der Waals surface area contributed by atoms with Gasteiger partial charge in [-0.25, -0.2) is 4.99 Å². The summed E-state index contributed by atoms with van der Waals surface area (Å²) in [5.41, 5.74) is 11.3. The molecular weight excluding hydrogens is 341 g/mol. The van der Waals surface area contributed by atoms with Gasteiger partial charge in [-0.15, -0.1) is 12.4 Å². The second kappa shape index (κ2) is 9.55. The minimum Gasteiger partial charge on any atom is -0.369 e. The number of rotatable bonds is 5. The highest BCUT2D eigenvalue weighted by molar-refractivity contribution is 6.34. The van der Waals surface area contributed by atoms with E-state index in [4.69, 9.17) is 17.3 Å². The average molecular weight is 366 g/mol. The SMILES string of the molecule is CCc1cccc(NC(N)=Nc2cc(CC)cc(CC)c2Cl)c1.Cl. The molecule has 0 fully saturated rings. The fraction of sp³-hybridized carbons (Fsp3) is 0.316. The van der Waals surface area contributed by atoms with Crippen molar-refractivity contribution in [2.45, 2.75) is 40.0 Å². The van der Waals surface area contributed by atoms with Crippen molar-refractivity contribution in [3.8, 4) is 0 Å². The van der Waals surface area contributed by atoms with Gasteiger partial charge in [-0.3, -0.25) is 0 Å². The van der Waals surface area contributed by atoms with Gasteiger partial charge in [-0.05, 0) is 54.2 Å². The number of nitrogens with one attached hydrogen (secondary N) is 1. The molecule has 5 heteroatoms. The Labute approximate surface area is 155 Å². The number of hydrogen-bond donors (Lipinski definition) is 2. The molecule has 0 aliphatic heterocycles. The van der Waals surface area contributed by atoms with Gasteiger partial charge in [0.2, 0.25) is 0 Å². The van der Waals surface area contributed by atoms with Crippen LogP contribution in [-0.2, 0) is 19.3 Å². The van der Waals surface area contributed by atoms with Crippen molar-refractivity contribution in [2.75, 3.05) is 5.32 Å². The fourth-order valence-corrected chi connectivity index (χ4v) is 2.73. The van der Waals surface area contributed by atoms with Crippen LogP contribution in [0, 0.1) is 0 Å². The van der Waals surface area contributed by atoms with Gasteiger partial charge in [-0.1, -0.05) is 50.6 Å². The molecule has 0 radical (unpaired) electrons. The Morgan fingerprint density at radius 1 is 1.04 bits per heavy atom. The predicted octanol–water partition coefficient (Wildman–Crippen LogP) is 5.51. The van der Waals surface area contributed by atoms with Crippen LogP contribution in [0.2, 0.25) is 5.02 Å². The molecule has 3 nitrogen and oxygen atoms in total. The smallest absolute Gasteiger partial charge is 0.198 e. The molecule has 0 unspecified atom stereocenters. The molecule has 2 rings (SSSR count). The summed E-state index contributed by atoms with van der Waals surface area (Å²) < 4.78 is 0. The first-order valence-corrected chi connectivity index (χ1v) is 8.46. The summed E-state index contributed by atoms with van der Waals surface area (Å²) in [4.78, 5) is 4.48. The Balaban J connectivity index is 0.00000288. The van der Waals surface area contributed by atoms with Crippen molar-refractivity contribution in [1.82, 2.24) is 0 Å². The summed E-state index contributed by atoms with van der Waals surface area (Å²) in [6, 6.07) is 12.3. The molecule has 130 valence electrons. The minimum absolute atomic E-state index is 0. The molecule has 0 aliphatic carbocycles. The van der Waals surface area contributed by atoms with Crippen LogP contribution < -0.4 is 11.1 Å². The largest absolute Gasteiger partial charge is 0.369 e. The third kappa shape index (κ3) is 5.15. The summed E-state index contributed by atoms with van der Waals surface area (Å²) in [7, 11) is 0. The van der Waals surface area contributed by atoms with E-state index in [2.05, 4.69) is 49.3 Å². The number of nitrogens with zero attached hydrogens (tertiary/aromatic N) is 1. The number of halogens is 2. The summed E-state index contributed by atoms with van der Waals surface area (Å²) in [5, 5.41) is 3.81. The molecule has 0 saturated heterocycles. The van der Waals surface area contributed by atoms with E-state index in [1.165, 1.54) is 11.1 Å². The quantitative estimate of drug-likeness (QED) is 0.542. The molecule has 0 aromatic heterocycles. The van der Waals surface area contributed by atoms with Crippen LogP contribution in [0.3, 0.4) is 0 Å². The van der Waals surface area contributed by atoms with Crippen LogP contribution in [0.4, 0.5) is 11.4 Å². The second-order valence-corrected chi connectivity index (χ2v) is 5.85. The monoisotopic (exact) mass is 365 g/mol. The number of aliphatic imine (C=N–C) groups is 1. The van der Waals surface area contributed by atoms with E-state index in [0.717, 1.165) is 36.2 Å². The first-order chi connectivity index (χ1) is 11.1. The molecule has 0 spiro atoms. The Morgan fingerprint density at radius 2 is 1.75 bits per heavy atom. The number of anilines is 1. The van der Waals surface area contributed by atoms with E-state index >= 15 is 0 Å². The Bertz CT molecular complexity index is 712. The van der Waals surface area contributed by atoms with Crippen molar-refractivity contribution in [3.63, 3.8) is 0 Å². The topological polar surface area (TPSA) is 50.4 Å². The maximum Gasteiger partial charge on any atom is 0.198 e. The molecular formula is C19H25Cl2N3. The molecule has 0 amide bonds. The Hall–Kier alpha value is -1.71. The van der Waals surface area contributed by atoms with Crippen molar-refractivity contribution < 1.29 is 0 Å². The lowest BCUT2D eigenvalue weighted by molar-refractivity contribution is 1.08. The zero-order chi connectivity index (χ0) is 16.8. The molecule has 0 bridgehead atoms. The summed E-state index contributed by atoms with van der Waals surface area (Å²) in [6.45, 7) is 6.33. The highest BCUT2D eigenvalue weighted by Crippen LogP contribution is 2.31. The van der Waals surface area contributed by atoms with Crippen LogP contribution in [0.15, 0.2) is 41.4 Å². The van der Waals surface area contributed by atoms with Gasteiger partial charge >= 0.3 is 0 Å². The third-order valence-electron chi connectivity index (χ3n) is 3.83. The normalized spacial score (nSPS) is 11.1. The van der Waals surface area contributed by atoms with E-state index in [1.54, 1.807) is 0 Å². The van der Waals surface area contributed by atoms with Gasteiger partial charge in [0.05, 0.1) is 10.7 Å². The van der Waals surface area contributed by atoms with Crippen LogP contribution in [0.5, 0.6) is 0 Å². The molecule has 0 heterocycles. The van der Waals surface area contributed by atoms with Crippen molar-refractivity contribution in [1.29, 1.82) is 0 Å². The van der Waals surface area contributed by atoms with Gasteiger partial charge in [-0.2, -0.15) is 0 Å². The predicted molar refractivity (Wildman–Crippen MR) is 108 cm³/mol. The van der Waals surface area contributed by atoms with Gasteiger partial charge in [0.1, 0.15) is 0 Å². The first-order valence-electron chi connectivity index (χ1n) is 8.08. The molecule has 0 aliphatic rings. The summed E-state index contributed by atoms with van der Waals surface area (Å²) in [5.74, 6) is 0.343. The number of hydrogen-bond acceptors (Lipinski definition) is 1.